The molecule has 1 aromatic heterocycles. The summed E-state index contributed by atoms with van der Waals surface area (Å²) in [6.45, 7) is 1.43. The molecule has 0 radical (unpaired) electrons. The lowest BCUT2D eigenvalue weighted by atomic mass is 10.2. The van der Waals surface area contributed by atoms with Crippen LogP contribution in [0.5, 0.6) is 17.2 Å². The quantitative estimate of drug-likeness (QED) is 0.536. The predicted octanol–water partition coefficient (Wildman–Crippen LogP) is 4.26. The van der Waals surface area contributed by atoms with Gasteiger partial charge in [0.05, 0.1) is 30.0 Å². The van der Waals surface area contributed by atoms with Gasteiger partial charge in [-0.3, -0.25) is 9.69 Å². The van der Waals surface area contributed by atoms with Gasteiger partial charge in [-0.05, 0) is 48.7 Å². The number of anilines is 1. The van der Waals surface area contributed by atoms with E-state index in [0.717, 1.165) is 41.0 Å². The largest absolute Gasteiger partial charge is 0.497 e. The van der Waals surface area contributed by atoms with E-state index in [2.05, 4.69) is 0 Å². The van der Waals surface area contributed by atoms with Crippen LogP contribution in [0.15, 0.2) is 42.5 Å². The van der Waals surface area contributed by atoms with Crippen molar-refractivity contribution in [3.8, 4) is 17.2 Å². The Morgan fingerprint density at radius 1 is 1.26 bits per heavy atom. The van der Waals surface area contributed by atoms with E-state index in [9.17, 15) is 4.79 Å². The molecule has 3 heterocycles. The lowest BCUT2D eigenvalue weighted by molar-refractivity contribution is -0.114. The average Bonchev–Trinajstić information content (AvgIpc) is 3.55. The fraction of sp³-hybridized carbons (Fsp3) is 0.304. The van der Waals surface area contributed by atoms with Crippen LogP contribution in [0.3, 0.4) is 0 Å². The number of aromatic nitrogens is 1. The number of methoxy groups -OCH3 is 1. The van der Waals surface area contributed by atoms with Crippen LogP contribution in [-0.4, -0.2) is 44.0 Å². The molecule has 160 valence electrons. The number of thiazole rings is 1. The van der Waals surface area contributed by atoms with Crippen molar-refractivity contribution in [1.29, 1.82) is 0 Å². The first-order chi connectivity index (χ1) is 15.2. The van der Waals surface area contributed by atoms with Crippen LogP contribution >= 0.6 is 11.3 Å². The van der Waals surface area contributed by atoms with Gasteiger partial charge in [0.25, 0.3) is 5.91 Å². The summed E-state index contributed by atoms with van der Waals surface area (Å²) in [4.78, 5) is 19.6. The number of nitrogens with zero attached hydrogens (tertiary/aromatic N) is 2. The number of rotatable bonds is 6. The molecular formula is C23H22N2O5S. The van der Waals surface area contributed by atoms with Gasteiger partial charge in [0.1, 0.15) is 5.75 Å². The highest BCUT2D eigenvalue weighted by molar-refractivity contribution is 7.22. The summed E-state index contributed by atoms with van der Waals surface area (Å²) < 4.78 is 22.8. The van der Waals surface area contributed by atoms with Gasteiger partial charge in [0.2, 0.25) is 6.79 Å². The van der Waals surface area contributed by atoms with Gasteiger partial charge in [-0.25, -0.2) is 4.98 Å². The minimum atomic E-state index is -0.140. The van der Waals surface area contributed by atoms with Gasteiger partial charge >= 0.3 is 0 Å². The predicted molar refractivity (Wildman–Crippen MR) is 119 cm³/mol. The van der Waals surface area contributed by atoms with E-state index in [1.807, 2.05) is 36.4 Å². The van der Waals surface area contributed by atoms with Gasteiger partial charge in [-0.15, -0.1) is 0 Å². The highest BCUT2D eigenvalue weighted by Gasteiger charge is 2.25. The van der Waals surface area contributed by atoms with Crippen LogP contribution in [0.4, 0.5) is 5.13 Å². The molecule has 0 aliphatic carbocycles. The maximum atomic E-state index is 13.2. The zero-order valence-electron chi connectivity index (χ0n) is 17.1. The second kappa shape index (κ2) is 8.56. The van der Waals surface area contributed by atoms with Crippen LogP contribution in [-0.2, 0) is 9.53 Å². The van der Waals surface area contributed by atoms with E-state index in [0.29, 0.717) is 23.2 Å². The highest BCUT2D eigenvalue weighted by Crippen LogP contribution is 2.34. The van der Waals surface area contributed by atoms with Crippen LogP contribution in [0.2, 0.25) is 0 Å². The SMILES string of the molecule is COc1ccc2sc(N(CC3CCCO3)C(=O)/C=C/c3ccc4c(c3)OCO4)nc2c1. The molecule has 0 bridgehead atoms. The lowest BCUT2D eigenvalue weighted by Crippen LogP contribution is -2.36. The molecule has 1 saturated heterocycles. The molecule has 7 nitrogen and oxygen atoms in total. The van der Waals surface area contributed by atoms with Gasteiger partial charge in [-0.2, -0.15) is 0 Å². The maximum absolute atomic E-state index is 13.2. The second-order valence-corrected chi connectivity index (χ2v) is 8.37. The molecule has 2 aromatic carbocycles. The van der Waals surface area contributed by atoms with E-state index < -0.39 is 0 Å². The highest BCUT2D eigenvalue weighted by atomic mass is 32.1. The number of hydrogen-bond donors (Lipinski definition) is 0. The Morgan fingerprint density at radius 2 is 2.16 bits per heavy atom. The number of carbonyl (C=O) groups excluding carboxylic acids is 1. The molecule has 8 heteroatoms. The summed E-state index contributed by atoms with van der Waals surface area (Å²) in [5, 5.41) is 0.652. The summed E-state index contributed by atoms with van der Waals surface area (Å²) in [7, 11) is 1.63. The molecule has 2 aliphatic heterocycles. The van der Waals surface area contributed by atoms with Crippen LogP contribution in [0.1, 0.15) is 18.4 Å². The molecule has 0 saturated carbocycles. The first kappa shape index (κ1) is 19.8. The number of hydrogen-bond acceptors (Lipinski definition) is 7. The van der Waals surface area contributed by atoms with E-state index in [-0.39, 0.29) is 18.8 Å². The van der Waals surface area contributed by atoms with E-state index in [4.69, 9.17) is 23.9 Å². The van der Waals surface area contributed by atoms with Gasteiger partial charge in [0, 0.05) is 18.7 Å². The average molecular weight is 439 g/mol. The zero-order chi connectivity index (χ0) is 21.2. The number of carbonyl (C=O) groups is 1. The van der Waals surface area contributed by atoms with Crippen molar-refractivity contribution in [2.24, 2.45) is 0 Å². The van der Waals surface area contributed by atoms with Crippen molar-refractivity contribution in [2.45, 2.75) is 18.9 Å². The molecule has 1 amide bonds. The summed E-state index contributed by atoms with van der Waals surface area (Å²) in [6, 6.07) is 11.3. The Hall–Kier alpha value is -3.10. The molecule has 1 atom stereocenters. The Labute approximate surface area is 183 Å². The minimum Gasteiger partial charge on any atom is -0.497 e. The third kappa shape index (κ3) is 4.22. The molecule has 2 aliphatic rings. The smallest absolute Gasteiger partial charge is 0.252 e. The molecule has 3 aromatic rings. The fourth-order valence-electron chi connectivity index (χ4n) is 3.67. The summed E-state index contributed by atoms with van der Waals surface area (Å²) in [5.74, 6) is 2.00. The first-order valence-corrected chi connectivity index (χ1v) is 11.0. The van der Waals surface area contributed by atoms with Crippen molar-refractivity contribution >= 4 is 38.7 Å². The van der Waals surface area contributed by atoms with Crippen LogP contribution in [0, 0.1) is 0 Å². The fourth-order valence-corrected chi connectivity index (χ4v) is 4.63. The van der Waals surface area contributed by atoms with Gasteiger partial charge in [0.15, 0.2) is 16.6 Å². The van der Waals surface area contributed by atoms with Crippen LogP contribution < -0.4 is 19.1 Å². The monoisotopic (exact) mass is 438 g/mol. The summed E-state index contributed by atoms with van der Waals surface area (Å²) in [5.41, 5.74) is 1.67. The summed E-state index contributed by atoms with van der Waals surface area (Å²) >= 11 is 1.49. The van der Waals surface area contributed by atoms with E-state index in [1.165, 1.54) is 11.3 Å². The third-order valence-corrected chi connectivity index (χ3v) is 6.36. The Kier molecular flexibility index (Phi) is 5.48. The number of amides is 1. The normalized spacial score (nSPS) is 17.5. The Bertz CT molecular complexity index is 1140. The summed E-state index contributed by atoms with van der Waals surface area (Å²) in [6.07, 6.45) is 5.32. The maximum Gasteiger partial charge on any atom is 0.252 e. The molecule has 5 rings (SSSR count). The lowest BCUT2D eigenvalue weighted by Gasteiger charge is -2.21. The topological polar surface area (TPSA) is 70.1 Å². The number of benzene rings is 2. The van der Waals surface area contributed by atoms with E-state index in [1.54, 1.807) is 24.2 Å². The van der Waals surface area contributed by atoms with Gasteiger partial charge < -0.3 is 18.9 Å². The molecule has 1 unspecified atom stereocenters. The van der Waals surface area contributed by atoms with E-state index >= 15 is 0 Å². The van der Waals surface area contributed by atoms with Crippen molar-refractivity contribution < 1.29 is 23.7 Å². The zero-order valence-corrected chi connectivity index (χ0v) is 17.9. The standard InChI is InChI=1S/C23H22N2O5S/c1-27-16-6-8-21-18(12-16)24-23(31-21)25(13-17-3-2-10-28-17)22(26)9-5-15-4-7-19-20(11-15)30-14-29-19/h4-9,11-12,17H,2-3,10,13-14H2,1H3/b9-5+. The molecule has 1 fully saturated rings. The molecular weight excluding hydrogens is 416 g/mol. The Morgan fingerprint density at radius 3 is 3.00 bits per heavy atom. The first-order valence-electron chi connectivity index (χ1n) is 10.1. The van der Waals surface area contributed by atoms with Crippen molar-refractivity contribution in [3.05, 3.63) is 48.0 Å². The van der Waals surface area contributed by atoms with Crippen molar-refractivity contribution in [2.75, 3.05) is 32.0 Å². The molecule has 0 spiro atoms. The third-order valence-electron chi connectivity index (χ3n) is 5.31. The Balaban J connectivity index is 1.41. The minimum absolute atomic E-state index is 0.0180. The van der Waals surface area contributed by atoms with Crippen molar-refractivity contribution in [1.82, 2.24) is 4.98 Å². The molecule has 0 N–H and O–H groups in total. The number of fused-ring (bicyclic) bond motifs is 2. The number of ether oxygens (including phenoxy) is 4. The van der Waals surface area contributed by atoms with Crippen LogP contribution in [0.25, 0.3) is 16.3 Å². The van der Waals surface area contributed by atoms with Gasteiger partial charge in [-0.1, -0.05) is 17.4 Å². The molecule has 31 heavy (non-hydrogen) atoms. The van der Waals surface area contributed by atoms with Crippen molar-refractivity contribution in [3.63, 3.8) is 0 Å². The second-order valence-electron chi connectivity index (χ2n) is 7.36.